The fourth-order valence-electron chi connectivity index (χ4n) is 5.93. The van der Waals surface area contributed by atoms with E-state index in [-0.39, 0.29) is 16.7 Å². The number of sulfonamides is 1. The Morgan fingerprint density at radius 1 is 1.00 bits per heavy atom. The van der Waals surface area contributed by atoms with Crippen LogP contribution in [0.4, 0.5) is 0 Å². The van der Waals surface area contributed by atoms with E-state index in [0.29, 0.717) is 23.9 Å². The highest BCUT2D eigenvalue weighted by Crippen LogP contribution is 2.58. The third-order valence-electron chi connectivity index (χ3n) is 7.35. The van der Waals surface area contributed by atoms with Crippen LogP contribution in [0.25, 0.3) is 0 Å². The molecule has 1 amide bonds. The van der Waals surface area contributed by atoms with Crippen LogP contribution in [0, 0.1) is 16.7 Å². The summed E-state index contributed by atoms with van der Waals surface area (Å²) >= 11 is 0. The topological polar surface area (TPSA) is 60.9 Å². The summed E-state index contributed by atoms with van der Waals surface area (Å²) < 4.78 is 27.8. The Hall–Kier alpha value is -1.44. The number of amides is 1. The number of nitrogens with zero attached hydrogens (tertiary/aromatic N) is 3. The van der Waals surface area contributed by atoms with Gasteiger partial charge in [-0.25, -0.2) is 8.42 Å². The first-order valence-corrected chi connectivity index (χ1v) is 12.2. The zero-order chi connectivity index (χ0) is 20.9. The second kappa shape index (κ2) is 7.36. The van der Waals surface area contributed by atoms with Gasteiger partial charge in [0.25, 0.3) is 0 Å². The average Bonchev–Trinajstić information content (AvgIpc) is 3.14. The molecule has 3 fully saturated rings. The van der Waals surface area contributed by atoms with Crippen molar-refractivity contribution in [3.8, 4) is 0 Å². The van der Waals surface area contributed by atoms with E-state index < -0.39 is 10.0 Å². The third kappa shape index (κ3) is 3.31. The Kier molecular flexibility index (Phi) is 5.28. The summed E-state index contributed by atoms with van der Waals surface area (Å²) in [5, 5.41) is 0. The quantitative estimate of drug-likeness (QED) is 0.751. The molecule has 4 rings (SSSR count). The van der Waals surface area contributed by atoms with Crippen LogP contribution in [0.2, 0.25) is 0 Å². The maximum atomic E-state index is 13.3. The van der Waals surface area contributed by atoms with E-state index in [2.05, 4.69) is 18.7 Å². The summed E-state index contributed by atoms with van der Waals surface area (Å²) in [6.07, 6.45) is 2.41. The fraction of sp³-hybridized carbons (Fsp3) is 0.682. The number of carbonyl (C=O) groups excluding carboxylic acids is 1. The van der Waals surface area contributed by atoms with Gasteiger partial charge in [-0.15, -0.1) is 0 Å². The zero-order valence-corrected chi connectivity index (χ0v) is 18.6. The van der Waals surface area contributed by atoms with Crippen LogP contribution in [0.15, 0.2) is 35.2 Å². The molecule has 1 atom stereocenters. The second-order valence-corrected chi connectivity index (χ2v) is 11.6. The molecule has 0 radical (unpaired) electrons. The van der Waals surface area contributed by atoms with Gasteiger partial charge < -0.3 is 9.80 Å². The van der Waals surface area contributed by atoms with Crippen molar-refractivity contribution in [1.29, 1.82) is 0 Å². The first-order valence-electron chi connectivity index (χ1n) is 10.7. The molecule has 3 aliphatic rings. The summed E-state index contributed by atoms with van der Waals surface area (Å²) in [7, 11) is -1.57. The number of piperidine rings is 1. The van der Waals surface area contributed by atoms with Crippen molar-refractivity contribution in [2.75, 3.05) is 46.3 Å². The summed E-state index contributed by atoms with van der Waals surface area (Å²) in [5.74, 6) is 0.818. The number of carbonyl (C=O) groups is 1. The van der Waals surface area contributed by atoms with Gasteiger partial charge in [-0.1, -0.05) is 32.0 Å². The van der Waals surface area contributed by atoms with Crippen molar-refractivity contribution in [2.24, 2.45) is 16.7 Å². The van der Waals surface area contributed by atoms with Crippen LogP contribution in [0.5, 0.6) is 0 Å². The Bertz CT molecular complexity index is 863. The number of hydrogen-bond donors (Lipinski definition) is 0. The van der Waals surface area contributed by atoms with Gasteiger partial charge in [0, 0.05) is 51.7 Å². The molecular weight excluding hydrogens is 386 g/mol. The molecule has 2 spiro atoms. The number of benzene rings is 1. The minimum absolute atomic E-state index is 0.119. The van der Waals surface area contributed by atoms with Crippen molar-refractivity contribution in [2.45, 2.75) is 38.0 Å². The average molecular weight is 420 g/mol. The van der Waals surface area contributed by atoms with E-state index in [4.69, 9.17) is 0 Å². The molecule has 3 aliphatic heterocycles. The van der Waals surface area contributed by atoms with Gasteiger partial charge in [0.05, 0.1) is 10.3 Å². The first-order chi connectivity index (χ1) is 13.7. The highest BCUT2D eigenvalue weighted by atomic mass is 32.2. The molecule has 1 aromatic carbocycles. The summed E-state index contributed by atoms with van der Waals surface area (Å²) in [6, 6.07) is 8.69. The Balaban J connectivity index is 1.59. The van der Waals surface area contributed by atoms with Crippen molar-refractivity contribution in [3.05, 3.63) is 30.3 Å². The van der Waals surface area contributed by atoms with Crippen molar-refractivity contribution < 1.29 is 13.2 Å². The first kappa shape index (κ1) is 20.8. The van der Waals surface area contributed by atoms with Gasteiger partial charge in [0.2, 0.25) is 15.9 Å². The van der Waals surface area contributed by atoms with Gasteiger partial charge in [-0.2, -0.15) is 4.31 Å². The molecule has 3 heterocycles. The van der Waals surface area contributed by atoms with Gasteiger partial charge in [-0.05, 0) is 37.3 Å². The Labute approximate surface area is 174 Å². The van der Waals surface area contributed by atoms with Crippen LogP contribution in [-0.2, 0) is 14.8 Å². The fourth-order valence-corrected chi connectivity index (χ4v) is 7.40. The van der Waals surface area contributed by atoms with Gasteiger partial charge in [0.15, 0.2) is 0 Å². The lowest BCUT2D eigenvalue weighted by Gasteiger charge is -2.46. The largest absolute Gasteiger partial charge is 0.345 e. The standard InChI is InChI=1S/C22H33N3O3S/c1-18(2)15-24-16-21(22(17-24)11-12-23(3)20(22)26)9-13-25(14-10-21)29(27,28)19-7-5-4-6-8-19/h4-8,18H,9-17H2,1-3H3/t22-/m1/s1. The maximum Gasteiger partial charge on any atom is 0.243 e. The number of likely N-dealkylation sites (tertiary alicyclic amines) is 2. The van der Waals surface area contributed by atoms with Crippen molar-refractivity contribution in [3.63, 3.8) is 0 Å². The van der Waals surface area contributed by atoms with E-state index in [1.54, 1.807) is 28.6 Å². The minimum atomic E-state index is -3.48. The highest BCUT2D eigenvalue weighted by Gasteiger charge is 2.64. The molecule has 7 heteroatoms. The normalized spacial score (nSPS) is 28.3. The molecule has 0 bridgehead atoms. The van der Waals surface area contributed by atoms with Crippen LogP contribution < -0.4 is 0 Å². The van der Waals surface area contributed by atoms with Gasteiger partial charge in [0.1, 0.15) is 0 Å². The number of rotatable bonds is 4. The molecule has 0 saturated carbocycles. The molecule has 3 saturated heterocycles. The molecule has 29 heavy (non-hydrogen) atoms. The SMILES string of the molecule is CC(C)CN1CC2(CCN(S(=O)(=O)c3ccccc3)CC2)[C@]2(CCN(C)C2=O)C1. The lowest BCUT2D eigenvalue weighted by atomic mass is 9.60. The van der Waals surface area contributed by atoms with Crippen LogP contribution in [0.3, 0.4) is 0 Å². The molecule has 6 nitrogen and oxygen atoms in total. The molecular formula is C22H33N3O3S. The van der Waals surface area contributed by atoms with Gasteiger partial charge >= 0.3 is 0 Å². The summed E-state index contributed by atoms with van der Waals surface area (Å²) in [5.41, 5.74) is -0.467. The van der Waals surface area contributed by atoms with Crippen LogP contribution >= 0.6 is 0 Å². The molecule has 0 aromatic heterocycles. The van der Waals surface area contributed by atoms with E-state index in [1.165, 1.54) is 0 Å². The summed E-state index contributed by atoms with van der Waals surface area (Å²) in [6.45, 7) is 8.94. The maximum absolute atomic E-state index is 13.3. The molecule has 1 aromatic rings. The van der Waals surface area contributed by atoms with E-state index in [0.717, 1.165) is 45.4 Å². The molecule has 0 unspecified atom stereocenters. The predicted molar refractivity (Wildman–Crippen MR) is 113 cm³/mol. The third-order valence-corrected chi connectivity index (χ3v) is 9.26. The second-order valence-electron chi connectivity index (χ2n) is 9.62. The smallest absolute Gasteiger partial charge is 0.243 e. The van der Waals surface area contributed by atoms with E-state index >= 15 is 0 Å². The van der Waals surface area contributed by atoms with E-state index in [9.17, 15) is 13.2 Å². The molecule has 0 N–H and O–H groups in total. The Morgan fingerprint density at radius 3 is 2.21 bits per heavy atom. The van der Waals surface area contributed by atoms with Crippen LogP contribution in [-0.4, -0.2) is 74.7 Å². The number of fused-ring (bicyclic) bond motifs is 1. The molecule has 160 valence electrons. The lowest BCUT2D eigenvalue weighted by molar-refractivity contribution is -0.140. The monoisotopic (exact) mass is 419 g/mol. The predicted octanol–water partition coefficient (Wildman–Crippen LogP) is 2.28. The molecule has 0 aliphatic carbocycles. The minimum Gasteiger partial charge on any atom is -0.345 e. The lowest BCUT2D eigenvalue weighted by Crippen LogP contribution is -2.53. The van der Waals surface area contributed by atoms with Crippen molar-refractivity contribution >= 4 is 15.9 Å². The van der Waals surface area contributed by atoms with Crippen LogP contribution in [0.1, 0.15) is 33.1 Å². The zero-order valence-electron chi connectivity index (χ0n) is 17.8. The number of hydrogen-bond acceptors (Lipinski definition) is 4. The van der Waals surface area contributed by atoms with E-state index in [1.807, 2.05) is 18.0 Å². The Morgan fingerprint density at radius 2 is 1.66 bits per heavy atom. The highest BCUT2D eigenvalue weighted by molar-refractivity contribution is 7.89. The van der Waals surface area contributed by atoms with Gasteiger partial charge in [-0.3, -0.25) is 4.79 Å². The summed E-state index contributed by atoms with van der Waals surface area (Å²) in [4.78, 5) is 18.0. The van der Waals surface area contributed by atoms with Crippen molar-refractivity contribution in [1.82, 2.24) is 14.1 Å².